The van der Waals surface area contributed by atoms with Crippen molar-refractivity contribution in [2.45, 2.75) is 25.7 Å². The SMILES string of the molecule is C1=CC=C2C=CC=CC=C2C=C1.c1ccc2c(c1)ccc1c3c(ccc12)CCCC3. The normalized spacial score (nSPS) is 16.7. The molecule has 0 nitrogen and oxygen atoms in total. The highest BCUT2D eigenvalue weighted by Crippen LogP contribution is 2.33. The van der Waals surface area contributed by atoms with E-state index in [2.05, 4.69) is 97.1 Å². The predicted octanol–water partition coefficient (Wildman–Crippen LogP) is 7.96. The van der Waals surface area contributed by atoms with Crippen LogP contribution in [0.15, 0.2) is 120 Å². The summed E-state index contributed by atoms with van der Waals surface area (Å²) < 4.78 is 0. The zero-order valence-electron chi connectivity index (χ0n) is 17.2. The molecule has 0 atom stereocenters. The molecular weight excluding hydrogens is 360 g/mol. The van der Waals surface area contributed by atoms with Gasteiger partial charge in [0, 0.05) is 0 Å². The first-order chi connectivity index (χ1) is 14.9. The van der Waals surface area contributed by atoms with Crippen LogP contribution in [-0.2, 0) is 12.8 Å². The maximum Gasteiger partial charge on any atom is -0.0102 e. The first-order valence-electron chi connectivity index (χ1n) is 10.9. The Morgan fingerprint density at radius 3 is 2.00 bits per heavy atom. The van der Waals surface area contributed by atoms with Gasteiger partial charge in [0.2, 0.25) is 0 Å². The Labute approximate surface area is 178 Å². The highest BCUT2D eigenvalue weighted by atomic mass is 14.2. The second-order valence-electron chi connectivity index (χ2n) is 8.02. The van der Waals surface area contributed by atoms with E-state index in [1.165, 1.54) is 58.4 Å². The van der Waals surface area contributed by atoms with E-state index < -0.39 is 0 Å². The average molecular weight is 387 g/mol. The van der Waals surface area contributed by atoms with Crippen LogP contribution < -0.4 is 0 Å². The maximum absolute atomic E-state index is 2.35. The summed E-state index contributed by atoms with van der Waals surface area (Å²) in [4.78, 5) is 0. The monoisotopic (exact) mass is 386 g/mol. The summed E-state index contributed by atoms with van der Waals surface area (Å²) in [6.45, 7) is 0. The lowest BCUT2D eigenvalue weighted by molar-refractivity contribution is 0.690. The molecule has 0 spiro atoms. The van der Waals surface area contributed by atoms with Crippen LogP contribution in [-0.4, -0.2) is 0 Å². The van der Waals surface area contributed by atoms with Gasteiger partial charge >= 0.3 is 0 Å². The van der Waals surface area contributed by atoms with Gasteiger partial charge in [0.15, 0.2) is 0 Å². The first kappa shape index (κ1) is 18.6. The Bertz CT molecular complexity index is 1240. The minimum atomic E-state index is 1.25. The van der Waals surface area contributed by atoms with E-state index in [0.29, 0.717) is 0 Å². The molecule has 6 rings (SSSR count). The third-order valence-corrected chi connectivity index (χ3v) is 6.14. The van der Waals surface area contributed by atoms with Gasteiger partial charge in [-0.05, 0) is 69.5 Å². The number of hydrogen-bond acceptors (Lipinski definition) is 0. The summed E-state index contributed by atoms with van der Waals surface area (Å²) in [6.07, 6.45) is 26.0. The summed E-state index contributed by atoms with van der Waals surface area (Å²) in [7, 11) is 0. The van der Waals surface area contributed by atoms with E-state index in [9.17, 15) is 0 Å². The van der Waals surface area contributed by atoms with Crippen molar-refractivity contribution in [3.8, 4) is 0 Å². The van der Waals surface area contributed by atoms with Crippen molar-refractivity contribution in [2.24, 2.45) is 0 Å². The maximum atomic E-state index is 2.35. The standard InChI is InChI=1S/C18H16.C12H10/c1-3-7-15-13(5-1)9-11-18-16-8-4-2-6-14(16)10-12-17(15)18;1-3-7-11-9-5-2-6-10-12(11)8-4-1/h1,3,5,7,9-12H,2,4,6,8H2;1-10H. The van der Waals surface area contributed by atoms with Crippen molar-refractivity contribution in [2.75, 3.05) is 0 Å². The number of aryl methyl sites for hydroxylation is 2. The molecule has 3 aromatic carbocycles. The second-order valence-corrected chi connectivity index (χ2v) is 8.02. The van der Waals surface area contributed by atoms with Crippen molar-refractivity contribution in [1.29, 1.82) is 0 Å². The van der Waals surface area contributed by atoms with Crippen LogP contribution in [0.5, 0.6) is 0 Å². The lowest BCUT2D eigenvalue weighted by Crippen LogP contribution is -2.02. The summed E-state index contributed by atoms with van der Waals surface area (Å²) in [5, 5.41) is 5.64. The van der Waals surface area contributed by atoms with Gasteiger partial charge in [-0.1, -0.05) is 109 Å². The summed E-state index contributed by atoms with van der Waals surface area (Å²) >= 11 is 0. The van der Waals surface area contributed by atoms with E-state index in [4.69, 9.17) is 0 Å². The molecule has 0 heterocycles. The largest absolute Gasteiger partial charge is 0.0622 e. The van der Waals surface area contributed by atoms with Crippen LogP contribution in [0.25, 0.3) is 21.5 Å². The molecule has 0 aliphatic heterocycles. The van der Waals surface area contributed by atoms with Crippen LogP contribution in [0.2, 0.25) is 0 Å². The molecule has 3 aliphatic rings. The topological polar surface area (TPSA) is 0 Å². The Morgan fingerprint density at radius 2 is 1.20 bits per heavy atom. The number of benzene rings is 3. The molecular formula is C30H26. The smallest absolute Gasteiger partial charge is 0.0102 e. The van der Waals surface area contributed by atoms with Crippen molar-refractivity contribution < 1.29 is 0 Å². The van der Waals surface area contributed by atoms with E-state index in [1.807, 2.05) is 12.2 Å². The Hall–Kier alpha value is -3.38. The highest BCUT2D eigenvalue weighted by Gasteiger charge is 2.13. The fourth-order valence-corrected chi connectivity index (χ4v) is 4.60. The molecule has 0 radical (unpaired) electrons. The van der Waals surface area contributed by atoms with Crippen LogP contribution in [0.3, 0.4) is 0 Å². The molecule has 0 heteroatoms. The summed E-state index contributed by atoms with van der Waals surface area (Å²) in [5.74, 6) is 0. The quantitative estimate of drug-likeness (QED) is 0.344. The lowest BCUT2D eigenvalue weighted by Gasteiger charge is -2.18. The van der Waals surface area contributed by atoms with Gasteiger partial charge < -0.3 is 0 Å². The molecule has 3 aromatic rings. The van der Waals surface area contributed by atoms with Gasteiger partial charge in [-0.25, -0.2) is 0 Å². The van der Waals surface area contributed by atoms with Gasteiger partial charge in [0.25, 0.3) is 0 Å². The van der Waals surface area contributed by atoms with Crippen LogP contribution in [0, 0.1) is 0 Å². The molecule has 0 amide bonds. The number of hydrogen-bond donors (Lipinski definition) is 0. The minimum absolute atomic E-state index is 1.25. The molecule has 0 bridgehead atoms. The molecule has 0 N–H and O–H groups in total. The Kier molecular flexibility index (Phi) is 5.31. The van der Waals surface area contributed by atoms with Gasteiger partial charge in [0.1, 0.15) is 0 Å². The molecule has 30 heavy (non-hydrogen) atoms. The number of fused-ring (bicyclic) bond motifs is 6. The van der Waals surface area contributed by atoms with Gasteiger partial charge in [0.05, 0.1) is 0 Å². The van der Waals surface area contributed by atoms with Gasteiger partial charge in [-0.3, -0.25) is 0 Å². The predicted molar refractivity (Wildman–Crippen MR) is 131 cm³/mol. The zero-order valence-corrected chi connectivity index (χ0v) is 17.2. The van der Waals surface area contributed by atoms with Crippen LogP contribution in [0.1, 0.15) is 24.0 Å². The molecule has 0 aromatic heterocycles. The number of rotatable bonds is 0. The Morgan fingerprint density at radius 1 is 0.500 bits per heavy atom. The molecule has 0 saturated heterocycles. The second kappa shape index (κ2) is 8.55. The van der Waals surface area contributed by atoms with Crippen molar-refractivity contribution in [3.63, 3.8) is 0 Å². The average Bonchev–Trinajstić information content (AvgIpc) is 3.17. The third kappa shape index (κ3) is 3.74. The lowest BCUT2D eigenvalue weighted by atomic mass is 9.86. The Balaban J connectivity index is 0.000000140. The van der Waals surface area contributed by atoms with Crippen LogP contribution in [0.4, 0.5) is 0 Å². The molecule has 3 aliphatic carbocycles. The van der Waals surface area contributed by atoms with Crippen molar-refractivity contribution in [1.82, 2.24) is 0 Å². The van der Waals surface area contributed by atoms with Gasteiger partial charge in [-0.15, -0.1) is 0 Å². The van der Waals surface area contributed by atoms with Crippen molar-refractivity contribution >= 4 is 21.5 Å². The summed E-state index contributed by atoms with van der Waals surface area (Å²) in [6, 6.07) is 18.0. The minimum Gasteiger partial charge on any atom is -0.0622 e. The molecule has 0 unspecified atom stereocenters. The van der Waals surface area contributed by atoms with Gasteiger partial charge in [-0.2, -0.15) is 0 Å². The van der Waals surface area contributed by atoms with E-state index >= 15 is 0 Å². The molecule has 0 fully saturated rings. The first-order valence-corrected chi connectivity index (χ1v) is 10.9. The van der Waals surface area contributed by atoms with E-state index in [-0.39, 0.29) is 0 Å². The molecule has 0 saturated carbocycles. The van der Waals surface area contributed by atoms with E-state index in [0.717, 1.165) is 0 Å². The fourth-order valence-electron chi connectivity index (χ4n) is 4.60. The molecule has 146 valence electrons. The third-order valence-electron chi connectivity index (χ3n) is 6.14. The van der Waals surface area contributed by atoms with Crippen LogP contribution >= 0.6 is 0 Å². The zero-order chi connectivity index (χ0) is 20.2. The fraction of sp³-hybridized carbons (Fsp3) is 0.133. The van der Waals surface area contributed by atoms with E-state index in [1.54, 1.807) is 11.1 Å². The van der Waals surface area contributed by atoms with Crippen molar-refractivity contribution in [3.05, 3.63) is 132 Å². The number of allylic oxidation sites excluding steroid dienone is 12. The summed E-state index contributed by atoms with van der Waals surface area (Å²) in [5.41, 5.74) is 5.71. The highest BCUT2D eigenvalue weighted by molar-refractivity contribution is 6.08.